The van der Waals surface area contributed by atoms with Crippen LogP contribution in [0.25, 0.3) is 0 Å². The summed E-state index contributed by atoms with van der Waals surface area (Å²) in [5.74, 6) is 0.838. The highest BCUT2D eigenvalue weighted by Crippen LogP contribution is 2.36. The van der Waals surface area contributed by atoms with Crippen LogP contribution in [0.5, 0.6) is 17.2 Å². The quantitative estimate of drug-likeness (QED) is 0.620. The van der Waals surface area contributed by atoms with Gasteiger partial charge in [0.15, 0.2) is 6.10 Å². The lowest BCUT2D eigenvalue weighted by molar-refractivity contribution is -0.122. The van der Waals surface area contributed by atoms with Crippen LogP contribution >= 0.6 is 11.6 Å². The third-order valence-corrected chi connectivity index (χ3v) is 5.87. The summed E-state index contributed by atoms with van der Waals surface area (Å²) in [5, 5.41) is 3.13. The first kappa shape index (κ1) is 23.6. The Morgan fingerprint density at radius 1 is 1.13 bits per heavy atom. The van der Waals surface area contributed by atoms with Crippen molar-refractivity contribution < 1.29 is 27.4 Å². The molecule has 0 aliphatic heterocycles. The molecule has 8 nitrogen and oxygen atoms in total. The van der Waals surface area contributed by atoms with E-state index < -0.39 is 16.1 Å². The van der Waals surface area contributed by atoms with E-state index in [0.29, 0.717) is 40.1 Å². The number of methoxy groups -OCH3 is 2. The maximum atomic E-state index is 12.8. The molecule has 0 saturated heterocycles. The highest BCUT2D eigenvalue weighted by atomic mass is 35.5. The molecule has 0 aliphatic rings. The molecule has 0 aliphatic carbocycles. The first-order valence-corrected chi connectivity index (χ1v) is 11.3. The van der Waals surface area contributed by atoms with Gasteiger partial charge >= 0.3 is 0 Å². The van der Waals surface area contributed by atoms with Crippen LogP contribution in [0.15, 0.2) is 36.4 Å². The molecule has 10 heteroatoms. The number of hydrogen-bond donors (Lipinski definition) is 1. The number of amides is 1. The van der Waals surface area contributed by atoms with E-state index in [9.17, 15) is 13.2 Å². The molecule has 0 aromatic heterocycles. The Bertz CT molecular complexity index is 995. The van der Waals surface area contributed by atoms with Gasteiger partial charge in [-0.3, -0.25) is 9.10 Å². The lowest BCUT2D eigenvalue weighted by Crippen LogP contribution is -2.32. The lowest BCUT2D eigenvalue weighted by atomic mass is 10.2. The van der Waals surface area contributed by atoms with Crippen LogP contribution in [0, 0.1) is 0 Å². The number of ether oxygens (including phenoxy) is 3. The van der Waals surface area contributed by atoms with Crippen molar-refractivity contribution in [2.75, 3.05) is 37.1 Å². The maximum Gasteiger partial charge on any atom is 0.265 e. The zero-order valence-corrected chi connectivity index (χ0v) is 19.0. The van der Waals surface area contributed by atoms with E-state index in [1.807, 2.05) is 6.92 Å². The summed E-state index contributed by atoms with van der Waals surface area (Å²) in [6, 6.07) is 9.55. The number of halogens is 1. The fourth-order valence-electron chi connectivity index (χ4n) is 2.58. The average Bonchev–Trinajstić information content (AvgIpc) is 2.71. The second-order valence-electron chi connectivity index (χ2n) is 6.42. The number of carbonyl (C=O) groups is 1. The number of benzene rings is 2. The molecule has 0 radical (unpaired) electrons. The second-order valence-corrected chi connectivity index (χ2v) is 8.84. The number of nitrogens with one attached hydrogen (secondary N) is 1. The fraction of sp³-hybridized carbons (Fsp3) is 0.350. The van der Waals surface area contributed by atoms with E-state index in [4.69, 9.17) is 25.8 Å². The number of hydrogen-bond acceptors (Lipinski definition) is 6. The lowest BCUT2D eigenvalue weighted by Gasteiger charge is -2.20. The third kappa shape index (κ3) is 5.70. The molecule has 164 valence electrons. The standard InChI is InChI=1S/C20H25ClN2O6S/c1-6-17(29-14-9-7-13(8-10-14)23(2)30(5,25)26)20(24)22-16-12-18(27-3)15(21)11-19(16)28-4/h7-12,17H,6H2,1-5H3,(H,22,24)/t17-/m1/s1. The highest BCUT2D eigenvalue weighted by molar-refractivity contribution is 7.92. The van der Waals surface area contributed by atoms with Crippen molar-refractivity contribution in [2.45, 2.75) is 19.4 Å². The summed E-state index contributed by atoms with van der Waals surface area (Å²) in [6.07, 6.45) is 0.744. The molecular weight excluding hydrogens is 432 g/mol. The molecule has 2 aromatic carbocycles. The molecular formula is C20H25ClN2O6S. The van der Waals surface area contributed by atoms with Crippen molar-refractivity contribution >= 4 is 38.9 Å². The van der Waals surface area contributed by atoms with Crippen LogP contribution < -0.4 is 23.8 Å². The predicted molar refractivity (Wildman–Crippen MR) is 118 cm³/mol. The minimum absolute atomic E-state index is 0.356. The Kier molecular flexibility index (Phi) is 7.80. The number of anilines is 2. The van der Waals surface area contributed by atoms with Gasteiger partial charge in [-0.1, -0.05) is 18.5 Å². The summed E-state index contributed by atoms with van der Waals surface area (Å²) < 4.78 is 40.7. The van der Waals surface area contributed by atoms with Crippen molar-refractivity contribution in [1.82, 2.24) is 0 Å². The summed E-state index contributed by atoms with van der Waals surface area (Å²) >= 11 is 6.09. The van der Waals surface area contributed by atoms with Crippen molar-refractivity contribution in [3.05, 3.63) is 41.4 Å². The molecule has 1 N–H and O–H groups in total. The first-order valence-electron chi connectivity index (χ1n) is 9.03. The third-order valence-electron chi connectivity index (χ3n) is 4.37. The Morgan fingerprint density at radius 2 is 1.73 bits per heavy atom. The average molecular weight is 457 g/mol. The van der Waals surface area contributed by atoms with Crippen LogP contribution in [0.2, 0.25) is 5.02 Å². The summed E-state index contributed by atoms with van der Waals surface area (Å²) in [5.41, 5.74) is 0.885. The first-order chi connectivity index (χ1) is 14.1. The van der Waals surface area contributed by atoms with Gasteiger partial charge in [0.2, 0.25) is 10.0 Å². The topological polar surface area (TPSA) is 94.2 Å². The molecule has 1 amide bonds. The largest absolute Gasteiger partial charge is 0.495 e. The predicted octanol–water partition coefficient (Wildman–Crippen LogP) is 3.55. The molecule has 0 heterocycles. The molecule has 0 spiro atoms. The number of nitrogens with zero attached hydrogens (tertiary/aromatic N) is 1. The molecule has 2 rings (SSSR count). The number of rotatable bonds is 9. The second kappa shape index (κ2) is 9.90. The molecule has 30 heavy (non-hydrogen) atoms. The molecule has 0 fully saturated rings. The van der Waals surface area contributed by atoms with E-state index in [1.165, 1.54) is 21.3 Å². The van der Waals surface area contributed by atoms with Crippen molar-refractivity contribution in [3.63, 3.8) is 0 Å². The molecule has 0 unspecified atom stereocenters. The zero-order chi connectivity index (χ0) is 22.5. The highest BCUT2D eigenvalue weighted by Gasteiger charge is 2.21. The van der Waals surface area contributed by atoms with E-state index in [-0.39, 0.29) is 5.91 Å². The van der Waals surface area contributed by atoms with Gasteiger partial charge in [-0.25, -0.2) is 8.42 Å². The van der Waals surface area contributed by atoms with E-state index in [1.54, 1.807) is 36.4 Å². The van der Waals surface area contributed by atoms with Gasteiger partial charge < -0.3 is 19.5 Å². The van der Waals surface area contributed by atoms with Crippen LogP contribution in [-0.4, -0.2) is 48.0 Å². The van der Waals surface area contributed by atoms with E-state index >= 15 is 0 Å². The zero-order valence-electron chi connectivity index (χ0n) is 17.4. The van der Waals surface area contributed by atoms with Gasteiger partial charge in [0.25, 0.3) is 5.91 Å². The van der Waals surface area contributed by atoms with Crippen LogP contribution in [0.1, 0.15) is 13.3 Å². The minimum Gasteiger partial charge on any atom is -0.495 e. The van der Waals surface area contributed by atoms with Crippen LogP contribution in [0.4, 0.5) is 11.4 Å². The Hall–Kier alpha value is -2.65. The Labute approximate surface area is 181 Å². The maximum absolute atomic E-state index is 12.8. The van der Waals surface area contributed by atoms with Gasteiger partial charge in [-0.2, -0.15) is 0 Å². The minimum atomic E-state index is -3.36. The molecule has 0 saturated carbocycles. The smallest absolute Gasteiger partial charge is 0.265 e. The van der Waals surface area contributed by atoms with Crippen molar-refractivity contribution in [3.8, 4) is 17.2 Å². The fourth-order valence-corrected chi connectivity index (χ4v) is 3.32. The SMILES string of the molecule is CC[C@@H](Oc1ccc(N(C)S(C)(=O)=O)cc1)C(=O)Nc1cc(OC)c(Cl)cc1OC. The molecule has 1 atom stereocenters. The summed E-state index contributed by atoms with van der Waals surface area (Å²) in [6.45, 7) is 1.82. The van der Waals surface area contributed by atoms with Gasteiger partial charge in [0, 0.05) is 19.2 Å². The Morgan fingerprint density at radius 3 is 2.23 bits per heavy atom. The van der Waals surface area contributed by atoms with E-state index in [0.717, 1.165) is 10.6 Å². The summed E-state index contributed by atoms with van der Waals surface area (Å²) in [4.78, 5) is 12.8. The summed E-state index contributed by atoms with van der Waals surface area (Å²) in [7, 11) is 1.04. The number of sulfonamides is 1. The molecule has 0 bridgehead atoms. The number of carbonyl (C=O) groups excluding carboxylic acids is 1. The molecule has 2 aromatic rings. The monoisotopic (exact) mass is 456 g/mol. The van der Waals surface area contributed by atoms with Gasteiger partial charge in [-0.05, 0) is 30.7 Å². The van der Waals surface area contributed by atoms with Crippen molar-refractivity contribution in [2.24, 2.45) is 0 Å². The normalized spacial score (nSPS) is 12.1. The van der Waals surface area contributed by atoms with E-state index in [2.05, 4.69) is 5.32 Å². The van der Waals surface area contributed by atoms with Gasteiger partial charge in [0.1, 0.15) is 17.2 Å². The van der Waals surface area contributed by atoms with Gasteiger partial charge in [0.05, 0.1) is 36.9 Å². The van der Waals surface area contributed by atoms with Crippen LogP contribution in [-0.2, 0) is 14.8 Å². The Balaban J connectivity index is 2.16. The van der Waals surface area contributed by atoms with Gasteiger partial charge in [-0.15, -0.1) is 0 Å². The van der Waals surface area contributed by atoms with Crippen molar-refractivity contribution in [1.29, 1.82) is 0 Å². The van der Waals surface area contributed by atoms with Crippen LogP contribution in [0.3, 0.4) is 0 Å².